The highest BCUT2D eigenvalue weighted by Crippen LogP contribution is 2.25. The van der Waals surface area contributed by atoms with Crippen molar-refractivity contribution in [3.8, 4) is 5.75 Å². The van der Waals surface area contributed by atoms with E-state index in [1.165, 1.54) is 11.8 Å². The van der Waals surface area contributed by atoms with Crippen molar-refractivity contribution in [3.63, 3.8) is 0 Å². The van der Waals surface area contributed by atoms with Crippen LogP contribution in [-0.4, -0.2) is 38.9 Å². The Morgan fingerprint density at radius 1 is 1.27 bits per heavy atom. The van der Waals surface area contributed by atoms with Crippen LogP contribution < -0.4 is 10.1 Å². The number of nitrogens with zero attached hydrogens (tertiary/aromatic N) is 4. The summed E-state index contributed by atoms with van der Waals surface area (Å²) in [7, 11) is 1.58. The zero-order chi connectivity index (χ0) is 18.8. The van der Waals surface area contributed by atoms with Gasteiger partial charge in [-0.25, -0.2) is 9.50 Å². The van der Waals surface area contributed by atoms with Crippen LogP contribution in [-0.2, 0) is 11.2 Å². The molecule has 0 aliphatic carbocycles. The topological polar surface area (TPSA) is 81.4 Å². The van der Waals surface area contributed by atoms with Crippen LogP contribution in [0.25, 0.3) is 5.78 Å². The second-order valence-electron chi connectivity index (χ2n) is 6.00. The lowest BCUT2D eigenvalue weighted by molar-refractivity contribution is -0.115. The first-order valence-corrected chi connectivity index (χ1v) is 9.36. The molecule has 1 amide bonds. The minimum Gasteiger partial charge on any atom is -0.495 e. The van der Waals surface area contributed by atoms with E-state index in [-0.39, 0.29) is 12.3 Å². The number of nitrogens with one attached hydrogen (secondary N) is 1. The Kier molecular flexibility index (Phi) is 5.13. The quantitative estimate of drug-likeness (QED) is 0.695. The number of anilines is 1. The number of thioether (sulfide) groups is 1. The number of benzene rings is 1. The number of carbonyl (C=O) groups is 1. The van der Waals surface area contributed by atoms with Crippen molar-refractivity contribution in [2.75, 3.05) is 18.7 Å². The summed E-state index contributed by atoms with van der Waals surface area (Å²) in [5.74, 6) is 1.05. The fourth-order valence-electron chi connectivity index (χ4n) is 2.81. The second kappa shape index (κ2) is 7.33. The van der Waals surface area contributed by atoms with Crippen LogP contribution in [0.15, 0.2) is 23.4 Å². The summed E-state index contributed by atoms with van der Waals surface area (Å²) in [5.41, 5.74) is 4.20. The van der Waals surface area contributed by atoms with Crippen LogP contribution in [0.4, 0.5) is 5.69 Å². The molecule has 0 radical (unpaired) electrons. The number of methoxy groups -OCH3 is 1. The van der Waals surface area contributed by atoms with Gasteiger partial charge in [-0.05, 0) is 44.7 Å². The molecule has 3 rings (SSSR count). The number of hydrogen-bond donors (Lipinski definition) is 1. The lowest BCUT2D eigenvalue weighted by atomic mass is 10.1. The summed E-state index contributed by atoms with van der Waals surface area (Å²) >= 11 is 1.46. The monoisotopic (exact) mass is 371 g/mol. The van der Waals surface area contributed by atoms with Crippen molar-refractivity contribution in [3.05, 3.63) is 40.7 Å². The maximum atomic E-state index is 12.6. The molecule has 0 spiro atoms. The van der Waals surface area contributed by atoms with Gasteiger partial charge in [0.05, 0.1) is 19.2 Å². The molecule has 136 valence electrons. The lowest BCUT2D eigenvalue weighted by Crippen LogP contribution is -2.18. The van der Waals surface area contributed by atoms with Gasteiger partial charge in [-0.2, -0.15) is 4.98 Å². The van der Waals surface area contributed by atoms with Crippen molar-refractivity contribution in [1.29, 1.82) is 0 Å². The van der Waals surface area contributed by atoms with Crippen molar-refractivity contribution in [2.24, 2.45) is 0 Å². The SMILES string of the molecule is COc1ccc(C)cc1NC(=O)Cc1c(C)nc2nc(SC)nn2c1C. The van der Waals surface area contributed by atoms with Gasteiger partial charge in [0.1, 0.15) is 5.75 Å². The zero-order valence-electron chi connectivity index (χ0n) is 15.5. The first-order chi connectivity index (χ1) is 12.4. The largest absolute Gasteiger partial charge is 0.495 e. The van der Waals surface area contributed by atoms with Crippen molar-refractivity contribution in [1.82, 2.24) is 19.6 Å². The number of aryl methyl sites for hydroxylation is 3. The molecule has 0 bridgehead atoms. The fourth-order valence-corrected chi connectivity index (χ4v) is 3.14. The van der Waals surface area contributed by atoms with Crippen molar-refractivity contribution >= 4 is 29.1 Å². The predicted molar refractivity (Wildman–Crippen MR) is 102 cm³/mol. The Morgan fingerprint density at radius 3 is 2.73 bits per heavy atom. The number of carbonyl (C=O) groups excluding carboxylic acids is 1. The summed E-state index contributed by atoms with van der Waals surface area (Å²) in [6, 6.07) is 5.67. The zero-order valence-corrected chi connectivity index (χ0v) is 16.3. The third kappa shape index (κ3) is 3.50. The molecule has 0 unspecified atom stereocenters. The van der Waals surface area contributed by atoms with E-state index in [9.17, 15) is 4.79 Å². The molecular weight excluding hydrogens is 350 g/mol. The van der Waals surface area contributed by atoms with E-state index >= 15 is 0 Å². The predicted octanol–water partition coefficient (Wildman–Crippen LogP) is 2.96. The standard InChI is InChI=1S/C18H21N5O2S/c1-10-6-7-15(25-4)14(8-10)20-16(24)9-13-11(2)19-17-21-18(26-5)22-23(17)12(13)3/h6-8H,9H2,1-5H3,(H,20,24). The number of fused-ring (bicyclic) bond motifs is 1. The Hall–Kier alpha value is -2.61. The van der Waals surface area contributed by atoms with E-state index in [1.807, 2.05) is 45.2 Å². The third-order valence-corrected chi connectivity index (χ3v) is 4.72. The van der Waals surface area contributed by atoms with Gasteiger partial charge >= 0.3 is 0 Å². The van der Waals surface area contributed by atoms with Crippen LogP contribution in [0.1, 0.15) is 22.5 Å². The molecule has 3 aromatic rings. The average molecular weight is 371 g/mol. The molecule has 2 aromatic heterocycles. The minimum absolute atomic E-state index is 0.133. The summed E-state index contributed by atoms with van der Waals surface area (Å²) < 4.78 is 7.01. The minimum atomic E-state index is -0.133. The Balaban J connectivity index is 1.89. The van der Waals surface area contributed by atoms with E-state index in [0.29, 0.717) is 22.4 Å². The fraction of sp³-hybridized carbons (Fsp3) is 0.333. The first-order valence-electron chi connectivity index (χ1n) is 8.14. The summed E-state index contributed by atoms with van der Waals surface area (Å²) in [5, 5.41) is 8.00. The molecular formula is C18H21N5O2S. The lowest BCUT2D eigenvalue weighted by Gasteiger charge is -2.13. The molecule has 8 heteroatoms. The van der Waals surface area contributed by atoms with E-state index in [1.54, 1.807) is 11.6 Å². The van der Waals surface area contributed by atoms with E-state index in [4.69, 9.17) is 4.74 Å². The smallest absolute Gasteiger partial charge is 0.253 e. The molecule has 1 N–H and O–H groups in total. The second-order valence-corrected chi connectivity index (χ2v) is 6.77. The van der Waals surface area contributed by atoms with Gasteiger partial charge in [-0.3, -0.25) is 4.79 Å². The molecule has 1 aromatic carbocycles. The van der Waals surface area contributed by atoms with Gasteiger partial charge in [0, 0.05) is 17.0 Å². The molecule has 0 fully saturated rings. The Labute approximate surface area is 156 Å². The molecule has 0 aliphatic heterocycles. The number of hydrogen-bond acceptors (Lipinski definition) is 6. The molecule has 0 atom stereocenters. The Morgan fingerprint density at radius 2 is 2.04 bits per heavy atom. The van der Waals surface area contributed by atoms with E-state index < -0.39 is 0 Å². The average Bonchev–Trinajstić information content (AvgIpc) is 3.02. The molecule has 26 heavy (non-hydrogen) atoms. The number of ether oxygens (including phenoxy) is 1. The summed E-state index contributed by atoms with van der Waals surface area (Å²) in [6.45, 7) is 5.78. The molecule has 0 aliphatic rings. The van der Waals surface area contributed by atoms with E-state index in [0.717, 1.165) is 22.5 Å². The highest BCUT2D eigenvalue weighted by atomic mass is 32.2. The molecule has 7 nitrogen and oxygen atoms in total. The van der Waals surface area contributed by atoms with Gasteiger partial charge in [-0.15, -0.1) is 5.10 Å². The highest BCUT2D eigenvalue weighted by molar-refractivity contribution is 7.98. The summed E-state index contributed by atoms with van der Waals surface area (Å²) in [6.07, 6.45) is 2.12. The summed E-state index contributed by atoms with van der Waals surface area (Å²) in [4.78, 5) is 21.5. The van der Waals surface area contributed by atoms with Gasteiger partial charge in [0.25, 0.3) is 5.78 Å². The van der Waals surface area contributed by atoms with Crippen LogP contribution in [0.2, 0.25) is 0 Å². The van der Waals surface area contributed by atoms with Crippen LogP contribution in [0.3, 0.4) is 0 Å². The van der Waals surface area contributed by atoms with Gasteiger partial charge in [0.2, 0.25) is 11.1 Å². The maximum Gasteiger partial charge on any atom is 0.253 e. The number of aromatic nitrogens is 4. The van der Waals surface area contributed by atoms with Crippen LogP contribution in [0, 0.1) is 20.8 Å². The normalized spacial score (nSPS) is 11.0. The van der Waals surface area contributed by atoms with Crippen molar-refractivity contribution < 1.29 is 9.53 Å². The van der Waals surface area contributed by atoms with Crippen LogP contribution >= 0.6 is 11.8 Å². The van der Waals surface area contributed by atoms with Gasteiger partial charge in [-0.1, -0.05) is 17.8 Å². The van der Waals surface area contributed by atoms with Gasteiger partial charge < -0.3 is 10.1 Å². The molecule has 2 heterocycles. The number of amides is 1. The highest BCUT2D eigenvalue weighted by Gasteiger charge is 2.17. The molecule has 0 saturated heterocycles. The Bertz CT molecular complexity index is 983. The van der Waals surface area contributed by atoms with E-state index in [2.05, 4.69) is 20.4 Å². The first kappa shape index (κ1) is 18.2. The van der Waals surface area contributed by atoms with Crippen LogP contribution in [0.5, 0.6) is 5.75 Å². The maximum absolute atomic E-state index is 12.6. The van der Waals surface area contributed by atoms with Crippen molar-refractivity contribution in [2.45, 2.75) is 32.3 Å². The number of rotatable bonds is 5. The van der Waals surface area contributed by atoms with Gasteiger partial charge in [0.15, 0.2) is 0 Å². The third-order valence-electron chi connectivity index (χ3n) is 4.18. The molecule has 0 saturated carbocycles.